The van der Waals surface area contributed by atoms with Gasteiger partial charge in [0.2, 0.25) is 0 Å². The van der Waals surface area contributed by atoms with Gasteiger partial charge in [0.1, 0.15) is 17.0 Å². The third-order valence-electron chi connectivity index (χ3n) is 4.46. The van der Waals surface area contributed by atoms with E-state index in [2.05, 4.69) is 0 Å². The van der Waals surface area contributed by atoms with Gasteiger partial charge < -0.3 is 14.2 Å². The second kappa shape index (κ2) is 5.36. The van der Waals surface area contributed by atoms with Crippen molar-refractivity contribution in [1.29, 1.82) is 0 Å². The van der Waals surface area contributed by atoms with E-state index in [-0.39, 0.29) is 5.82 Å². The van der Waals surface area contributed by atoms with Crippen molar-refractivity contribution in [2.24, 2.45) is 0 Å². The van der Waals surface area contributed by atoms with Crippen molar-refractivity contribution >= 4 is 34.9 Å². The molecule has 0 saturated carbocycles. The molecule has 0 unspecified atom stereocenters. The van der Waals surface area contributed by atoms with E-state index in [9.17, 15) is 9.50 Å². The Morgan fingerprint density at radius 2 is 1.78 bits per heavy atom. The first-order valence-electron chi connectivity index (χ1n) is 7.54. The van der Waals surface area contributed by atoms with Gasteiger partial charge in [-0.05, 0) is 45.3 Å². The third-order valence-corrected chi connectivity index (χ3v) is 4.46. The van der Waals surface area contributed by atoms with Gasteiger partial charge in [0.15, 0.2) is 0 Å². The summed E-state index contributed by atoms with van der Waals surface area (Å²) in [6, 6.07) is 10.3. The fourth-order valence-corrected chi connectivity index (χ4v) is 2.26. The zero-order valence-corrected chi connectivity index (χ0v) is 13.7. The minimum Gasteiger partial charge on any atom is -0.456 e. The number of hydrogen-bond donors (Lipinski definition) is 1. The van der Waals surface area contributed by atoms with Crippen LogP contribution >= 0.6 is 0 Å². The summed E-state index contributed by atoms with van der Waals surface area (Å²) in [5.41, 5.74) is -0.132. The highest BCUT2D eigenvalue weighted by Gasteiger charge is 2.36. The minimum atomic E-state index is -1.03. The molecule has 3 nitrogen and oxygen atoms in total. The van der Waals surface area contributed by atoms with Crippen molar-refractivity contribution in [1.82, 2.24) is 0 Å². The number of hydrogen-bond acceptors (Lipinski definition) is 3. The number of aliphatic hydroxyl groups is 1. The van der Waals surface area contributed by atoms with Crippen LogP contribution in [0.1, 0.15) is 27.7 Å². The molecule has 1 radical (unpaired) electrons. The molecule has 119 valence electrons. The highest BCUT2D eigenvalue weighted by molar-refractivity contribution is 6.51. The molecule has 0 fully saturated rings. The van der Waals surface area contributed by atoms with E-state index in [4.69, 9.17) is 9.07 Å². The van der Waals surface area contributed by atoms with E-state index in [0.29, 0.717) is 22.0 Å². The average molecular weight is 313 g/mol. The van der Waals surface area contributed by atoms with Crippen molar-refractivity contribution in [2.75, 3.05) is 0 Å². The second-order valence-electron chi connectivity index (χ2n) is 6.74. The van der Waals surface area contributed by atoms with Gasteiger partial charge in [0.05, 0.1) is 16.6 Å². The van der Waals surface area contributed by atoms with E-state index in [1.165, 1.54) is 13.5 Å². The smallest absolute Gasteiger partial charge is 0.334 e. The Morgan fingerprint density at radius 3 is 2.48 bits per heavy atom. The third kappa shape index (κ3) is 2.75. The minimum absolute atomic E-state index is 0.330. The van der Waals surface area contributed by atoms with Gasteiger partial charge in [-0.25, -0.2) is 4.39 Å². The molecule has 0 amide bonds. The predicted octanol–water partition coefficient (Wildman–Crippen LogP) is 3.54. The molecule has 0 atom stereocenters. The zero-order chi connectivity index (χ0) is 16.8. The Balaban J connectivity index is 2.04. The summed E-state index contributed by atoms with van der Waals surface area (Å²) >= 11 is 0. The summed E-state index contributed by atoms with van der Waals surface area (Å²) in [6.07, 6.45) is 0. The van der Waals surface area contributed by atoms with Crippen LogP contribution in [0.25, 0.3) is 21.9 Å². The first-order valence-corrected chi connectivity index (χ1v) is 7.54. The summed E-state index contributed by atoms with van der Waals surface area (Å²) in [5, 5.41) is 11.3. The molecule has 1 heterocycles. The molecule has 5 heteroatoms. The second-order valence-corrected chi connectivity index (χ2v) is 6.74. The Morgan fingerprint density at radius 1 is 1.09 bits per heavy atom. The van der Waals surface area contributed by atoms with Gasteiger partial charge in [-0.3, -0.25) is 0 Å². The maximum Gasteiger partial charge on any atom is 0.334 e. The van der Waals surface area contributed by atoms with Gasteiger partial charge in [-0.15, -0.1) is 0 Å². The average Bonchev–Trinajstić information content (AvgIpc) is 2.85. The normalized spacial score (nSPS) is 13.0. The maximum absolute atomic E-state index is 14.2. The van der Waals surface area contributed by atoms with Crippen LogP contribution in [0.4, 0.5) is 4.39 Å². The highest BCUT2D eigenvalue weighted by atomic mass is 19.1. The molecule has 0 aliphatic carbocycles. The van der Waals surface area contributed by atoms with E-state index < -0.39 is 11.2 Å². The topological polar surface area (TPSA) is 42.6 Å². The summed E-state index contributed by atoms with van der Waals surface area (Å²) in [6.45, 7) is 6.95. The fraction of sp³-hybridized carbons (Fsp3) is 0.333. The quantitative estimate of drug-likeness (QED) is 0.749. The monoisotopic (exact) mass is 313 g/mol. The molecule has 0 aliphatic rings. The Hall–Kier alpha value is -1.85. The molecule has 23 heavy (non-hydrogen) atoms. The lowest BCUT2D eigenvalue weighted by molar-refractivity contribution is -0.0893. The number of furan rings is 1. The molecular weight excluding hydrogens is 294 g/mol. The van der Waals surface area contributed by atoms with Gasteiger partial charge in [0.25, 0.3) is 0 Å². The van der Waals surface area contributed by atoms with Crippen molar-refractivity contribution < 1.29 is 18.6 Å². The van der Waals surface area contributed by atoms with E-state index in [1.54, 1.807) is 39.8 Å². The molecular formula is C18H19BFO3. The van der Waals surface area contributed by atoms with Gasteiger partial charge in [-0.1, -0.05) is 24.3 Å². The lowest BCUT2D eigenvalue weighted by Gasteiger charge is -2.37. The first kappa shape index (κ1) is 16.0. The lowest BCUT2D eigenvalue weighted by Crippen LogP contribution is -2.49. The maximum atomic E-state index is 14.2. The Labute approximate surface area is 135 Å². The molecule has 3 rings (SSSR count). The summed E-state index contributed by atoms with van der Waals surface area (Å²) in [5.74, 6) is -0.330. The molecule has 0 saturated heterocycles. The predicted molar refractivity (Wildman–Crippen MR) is 90.5 cm³/mol. The number of para-hydroxylation sites is 1. The summed E-state index contributed by atoms with van der Waals surface area (Å²) < 4.78 is 25.8. The lowest BCUT2D eigenvalue weighted by atomic mass is 9.82. The van der Waals surface area contributed by atoms with Crippen LogP contribution in [0.3, 0.4) is 0 Å². The van der Waals surface area contributed by atoms with Crippen molar-refractivity contribution in [3.05, 3.63) is 42.2 Å². The van der Waals surface area contributed by atoms with Crippen LogP contribution in [0, 0.1) is 5.82 Å². The summed E-state index contributed by atoms with van der Waals surface area (Å²) in [4.78, 5) is 0. The van der Waals surface area contributed by atoms with Crippen molar-refractivity contribution in [3.63, 3.8) is 0 Å². The molecule has 1 aromatic heterocycles. The zero-order valence-electron chi connectivity index (χ0n) is 13.7. The van der Waals surface area contributed by atoms with Crippen LogP contribution in [0.5, 0.6) is 0 Å². The largest absolute Gasteiger partial charge is 0.456 e. The first-order chi connectivity index (χ1) is 10.7. The number of rotatable bonds is 4. The van der Waals surface area contributed by atoms with Gasteiger partial charge in [0, 0.05) is 5.39 Å². The molecule has 1 N–H and O–H groups in total. The number of halogens is 1. The molecule has 0 aliphatic heterocycles. The van der Waals surface area contributed by atoms with Crippen LogP contribution < -0.4 is 5.46 Å². The molecule has 3 aromatic rings. The SMILES string of the molecule is CC(C)(O)C(C)(C)O[B]c1ccc(F)c2c1oc1ccccc12. The Kier molecular flexibility index (Phi) is 3.73. The Bertz CT molecular complexity index is 862. The number of benzene rings is 2. The van der Waals surface area contributed by atoms with Crippen molar-refractivity contribution in [2.45, 2.75) is 38.9 Å². The number of fused-ring (bicyclic) bond motifs is 3. The van der Waals surface area contributed by atoms with Crippen LogP contribution in [0.2, 0.25) is 0 Å². The van der Waals surface area contributed by atoms with E-state index >= 15 is 0 Å². The van der Waals surface area contributed by atoms with Gasteiger partial charge >= 0.3 is 7.48 Å². The van der Waals surface area contributed by atoms with E-state index in [0.717, 1.165) is 5.39 Å². The van der Waals surface area contributed by atoms with E-state index in [1.807, 2.05) is 18.2 Å². The standard InChI is InChI=1S/C18H19BFO3/c1-17(2,21)18(3,4)23-19-12-9-10-13(20)15-11-7-5-6-8-14(11)22-16(12)15/h5-10,21H,1-4H3. The molecule has 0 spiro atoms. The van der Waals surface area contributed by atoms with Crippen molar-refractivity contribution in [3.8, 4) is 0 Å². The highest BCUT2D eigenvalue weighted by Crippen LogP contribution is 2.30. The van der Waals surface area contributed by atoms with Crippen LogP contribution in [-0.4, -0.2) is 23.8 Å². The van der Waals surface area contributed by atoms with Crippen LogP contribution in [-0.2, 0) is 4.65 Å². The summed E-state index contributed by atoms with van der Waals surface area (Å²) in [7, 11) is 1.52. The van der Waals surface area contributed by atoms with Gasteiger partial charge in [-0.2, -0.15) is 0 Å². The van der Waals surface area contributed by atoms with Crippen LogP contribution in [0.15, 0.2) is 40.8 Å². The molecule has 0 bridgehead atoms. The molecule has 2 aromatic carbocycles. The fourth-order valence-electron chi connectivity index (χ4n) is 2.26.